The van der Waals surface area contributed by atoms with Gasteiger partial charge in [0.25, 0.3) is 0 Å². The average Bonchev–Trinajstić information content (AvgIpc) is 2.40. The van der Waals surface area contributed by atoms with E-state index in [2.05, 4.69) is 36.2 Å². The first-order chi connectivity index (χ1) is 9.19. The van der Waals surface area contributed by atoms with Gasteiger partial charge in [-0.3, -0.25) is 0 Å². The Morgan fingerprint density at radius 1 is 1.32 bits per heavy atom. The van der Waals surface area contributed by atoms with E-state index in [1.165, 1.54) is 37.9 Å². The van der Waals surface area contributed by atoms with Crippen molar-refractivity contribution in [3.63, 3.8) is 0 Å². The van der Waals surface area contributed by atoms with Gasteiger partial charge >= 0.3 is 0 Å². The topological polar surface area (TPSA) is 39.1 Å². The van der Waals surface area contributed by atoms with Crippen molar-refractivity contribution < 1.29 is 0 Å². The SMILES string of the molecule is Cc1ccc(C#N)c(NC(C)CN2CCCCC2)c1. The summed E-state index contributed by atoms with van der Waals surface area (Å²) in [7, 11) is 0. The van der Waals surface area contributed by atoms with Crippen LogP contribution < -0.4 is 5.32 Å². The lowest BCUT2D eigenvalue weighted by atomic mass is 10.1. The minimum Gasteiger partial charge on any atom is -0.380 e. The summed E-state index contributed by atoms with van der Waals surface area (Å²) < 4.78 is 0. The van der Waals surface area contributed by atoms with E-state index in [0.717, 1.165) is 17.8 Å². The van der Waals surface area contributed by atoms with E-state index in [1.807, 2.05) is 12.1 Å². The molecule has 1 heterocycles. The minimum atomic E-state index is 0.368. The third-order valence-electron chi connectivity index (χ3n) is 3.68. The molecule has 0 aliphatic carbocycles. The van der Waals surface area contributed by atoms with Crippen molar-refractivity contribution in [1.29, 1.82) is 5.26 Å². The molecule has 3 heteroatoms. The van der Waals surface area contributed by atoms with Gasteiger partial charge in [-0.2, -0.15) is 5.26 Å². The van der Waals surface area contributed by atoms with Crippen molar-refractivity contribution in [2.75, 3.05) is 25.0 Å². The predicted molar refractivity (Wildman–Crippen MR) is 79.3 cm³/mol. The molecule has 1 aliphatic rings. The Morgan fingerprint density at radius 2 is 2.05 bits per heavy atom. The first-order valence-electron chi connectivity index (χ1n) is 7.18. The maximum absolute atomic E-state index is 9.14. The molecule has 2 rings (SSSR count). The highest BCUT2D eigenvalue weighted by Crippen LogP contribution is 2.18. The number of nitriles is 1. The maximum atomic E-state index is 9.14. The molecule has 1 fully saturated rings. The fourth-order valence-corrected chi connectivity index (χ4v) is 2.72. The third kappa shape index (κ3) is 3.97. The number of anilines is 1. The van der Waals surface area contributed by atoms with Crippen LogP contribution in [0.25, 0.3) is 0 Å². The Kier molecular flexibility index (Phi) is 4.81. The Bertz CT molecular complexity index is 456. The molecule has 1 saturated heterocycles. The molecule has 0 saturated carbocycles. The second-order valence-corrected chi connectivity index (χ2v) is 5.57. The summed E-state index contributed by atoms with van der Waals surface area (Å²) in [5, 5.41) is 12.6. The molecule has 1 N–H and O–H groups in total. The third-order valence-corrected chi connectivity index (χ3v) is 3.68. The van der Waals surface area contributed by atoms with Crippen LogP contribution in [0, 0.1) is 18.3 Å². The first-order valence-corrected chi connectivity index (χ1v) is 7.18. The summed E-state index contributed by atoms with van der Waals surface area (Å²) in [6.45, 7) is 7.73. The highest BCUT2D eigenvalue weighted by atomic mass is 15.1. The maximum Gasteiger partial charge on any atom is 0.101 e. The molecule has 0 aromatic heterocycles. The van der Waals surface area contributed by atoms with Crippen LogP contribution in [0.4, 0.5) is 5.69 Å². The van der Waals surface area contributed by atoms with Crippen LogP contribution in [0.3, 0.4) is 0 Å². The normalized spacial score (nSPS) is 17.7. The number of hydrogen-bond acceptors (Lipinski definition) is 3. The Morgan fingerprint density at radius 3 is 2.74 bits per heavy atom. The highest BCUT2D eigenvalue weighted by molar-refractivity contribution is 5.59. The fraction of sp³-hybridized carbons (Fsp3) is 0.562. The lowest BCUT2D eigenvalue weighted by molar-refractivity contribution is 0.223. The van der Waals surface area contributed by atoms with Gasteiger partial charge in [-0.1, -0.05) is 12.5 Å². The standard InChI is InChI=1S/C16H23N3/c1-13-6-7-15(11-17)16(10-13)18-14(2)12-19-8-4-3-5-9-19/h6-7,10,14,18H,3-5,8-9,12H2,1-2H3. The average molecular weight is 257 g/mol. The number of likely N-dealkylation sites (tertiary alicyclic amines) is 1. The Balaban J connectivity index is 1.96. The van der Waals surface area contributed by atoms with Gasteiger partial charge in [0, 0.05) is 12.6 Å². The van der Waals surface area contributed by atoms with Gasteiger partial charge in [-0.15, -0.1) is 0 Å². The van der Waals surface area contributed by atoms with E-state index < -0.39 is 0 Å². The zero-order valence-electron chi connectivity index (χ0n) is 11.9. The molecule has 1 unspecified atom stereocenters. The number of nitrogens with zero attached hydrogens (tertiary/aromatic N) is 2. The molecule has 0 amide bonds. The van der Waals surface area contributed by atoms with E-state index in [-0.39, 0.29) is 0 Å². The van der Waals surface area contributed by atoms with E-state index in [1.54, 1.807) is 0 Å². The molecular formula is C16H23N3. The number of piperidine rings is 1. The summed E-state index contributed by atoms with van der Waals surface area (Å²) in [5.41, 5.74) is 2.88. The molecule has 0 radical (unpaired) electrons. The number of nitrogens with one attached hydrogen (secondary N) is 1. The van der Waals surface area contributed by atoms with Gasteiger partial charge in [-0.25, -0.2) is 0 Å². The highest BCUT2D eigenvalue weighted by Gasteiger charge is 2.14. The molecule has 0 bridgehead atoms. The predicted octanol–water partition coefficient (Wildman–Crippen LogP) is 3.15. The van der Waals surface area contributed by atoms with Crippen molar-refractivity contribution >= 4 is 5.69 Å². The molecule has 3 nitrogen and oxygen atoms in total. The van der Waals surface area contributed by atoms with Crippen molar-refractivity contribution in [1.82, 2.24) is 4.90 Å². The summed E-state index contributed by atoms with van der Waals surface area (Å²) in [6.07, 6.45) is 4.01. The van der Waals surface area contributed by atoms with Gasteiger partial charge in [0.15, 0.2) is 0 Å². The summed E-state index contributed by atoms with van der Waals surface area (Å²) >= 11 is 0. The quantitative estimate of drug-likeness (QED) is 0.900. The molecule has 0 spiro atoms. The van der Waals surface area contributed by atoms with Crippen LogP contribution >= 0.6 is 0 Å². The fourth-order valence-electron chi connectivity index (χ4n) is 2.72. The Labute approximate surface area is 116 Å². The zero-order chi connectivity index (χ0) is 13.7. The number of aryl methyl sites for hydroxylation is 1. The molecular weight excluding hydrogens is 234 g/mol. The van der Waals surface area contributed by atoms with Crippen LogP contribution in [0.15, 0.2) is 18.2 Å². The summed E-state index contributed by atoms with van der Waals surface area (Å²) in [6, 6.07) is 8.56. The van der Waals surface area contributed by atoms with E-state index in [4.69, 9.17) is 5.26 Å². The van der Waals surface area contributed by atoms with Crippen LogP contribution in [-0.4, -0.2) is 30.6 Å². The summed E-state index contributed by atoms with van der Waals surface area (Å²) in [5.74, 6) is 0. The van der Waals surface area contributed by atoms with Crippen molar-refractivity contribution in [2.45, 2.75) is 39.2 Å². The van der Waals surface area contributed by atoms with Gasteiger partial charge in [-0.05, 0) is 57.5 Å². The number of hydrogen-bond donors (Lipinski definition) is 1. The second kappa shape index (κ2) is 6.58. The zero-order valence-corrected chi connectivity index (χ0v) is 11.9. The molecule has 102 valence electrons. The van der Waals surface area contributed by atoms with Crippen molar-refractivity contribution in [3.05, 3.63) is 29.3 Å². The molecule has 1 aromatic carbocycles. The smallest absolute Gasteiger partial charge is 0.101 e. The van der Waals surface area contributed by atoms with Gasteiger partial charge in [0.1, 0.15) is 6.07 Å². The number of rotatable bonds is 4. The van der Waals surface area contributed by atoms with Crippen molar-refractivity contribution in [3.8, 4) is 6.07 Å². The summed E-state index contributed by atoms with van der Waals surface area (Å²) in [4.78, 5) is 2.52. The lowest BCUT2D eigenvalue weighted by Crippen LogP contribution is -2.38. The van der Waals surface area contributed by atoms with Crippen LogP contribution in [0.1, 0.15) is 37.3 Å². The van der Waals surface area contributed by atoms with E-state index in [9.17, 15) is 0 Å². The van der Waals surface area contributed by atoms with Crippen LogP contribution in [0.5, 0.6) is 0 Å². The van der Waals surface area contributed by atoms with Crippen LogP contribution in [0.2, 0.25) is 0 Å². The monoisotopic (exact) mass is 257 g/mol. The van der Waals surface area contributed by atoms with Gasteiger partial charge < -0.3 is 10.2 Å². The Hall–Kier alpha value is -1.53. The molecule has 1 aliphatic heterocycles. The van der Waals surface area contributed by atoms with Crippen molar-refractivity contribution in [2.24, 2.45) is 0 Å². The molecule has 1 atom stereocenters. The number of benzene rings is 1. The second-order valence-electron chi connectivity index (χ2n) is 5.57. The largest absolute Gasteiger partial charge is 0.380 e. The van der Waals surface area contributed by atoms with Gasteiger partial charge in [0.2, 0.25) is 0 Å². The van der Waals surface area contributed by atoms with Crippen LogP contribution in [-0.2, 0) is 0 Å². The lowest BCUT2D eigenvalue weighted by Gasteiger charge is -2.29. The molecule has 1 aromatic rings. The molecule has 19 heavy (non-hydrogen) atoms. The van der Waals surface area contributed by atoms with E-state index >= 15 is 0 Å². The first kappa shape index (κ1) is 13.9. The van der Waals surface area contributed by atoms with E-state index in [0.29, 0.717) is 6.04 Å². The minimum absolute atomic E-state index is 0.368. The van der Waals surface area contributed by atoms with Gasteiger partial charge in [0.05, 0.1) is 11.3 Å².